The standard InChI is InChI=1S/C20H32N2S/c1-17-13-11-12-16-19(17)22-20(23)21-18-14-9-7-5-3-2-4-6-8-10-15-18/h11-13,16,18H,2-10,14-15H2,1H3,(H2,21,22,23). The van der Waals surface area contributed by atoms with E-state index in [9.17, 15) is 0 Å². The molecule has 2 rings (SSSR count). The van der Waals surface area contributed by atoms with Crippen LogP contribution in [0.2, 0.25) is 0 Å². The van der Waals surface area contributed by atoms with Crippen LogP contribution in [0.1, 0.15) is 76.2 Å². The van der Waals surface area contributed by atoms with E-state index in [-0.39, 0.29) is 0 Å². The number of hydrogen-bond acceptors (Lipinski definition) is 1. The Hall–Kier alpha value is -1.09. The van der Waals surface area contributed by atoms with E-state index in [1.54, 1.807) is 0 Å². The van der Waals surface area contributed by atoms with Gasteiger partial charge < -0.3 is 10.6 Å². The molecule has 23 heavy (non-hydrogen) atoms. The highest BCUT2D eigenvalue weighted by Gasteiger charge is 2.11. The quantitative estimate of drug-likeness (QED) is 0.654. The molecule has 0 amide bonds. The zero-order valence-electron chi connectivity index (χ0n) is 14.6. The Labute approximate surface area is 147 Å². The molecule has 0 saturated heterocycles. The molecule has 3 heteroatoms. The van der Waals surface area contributed by atoms with Crippen LogP contribution in [-0.2, 0) is 0 Å². The molecule has 0 unspecified atom stereocenters. The highest BCUT2D eigenvalue weighted by molar-refractivity contribution is 7.80. The van der Waals surface area contributed by atoms with Gasteiger partial charge in [0.25, 0.3) is 0 Å². The van der Waals surface area contributed by atoms with Crippen LogP contribution in [0.3, 0.4) is 0 Å². The largest absolute Gasteiger partial charge is 0.360 e. The minimum Gasteiger partial charge on any atom is -0.360 e. The van der Waals surface area contributed by atoms with Crippen molar-refractivity contribution in [2.45, 2.75) is 83.6 Å². The Morgan fingerprint density at radius 2 is 1.39 bits per heavy atom. The number of rotatable bonds is 2. The average Bonchev–Trinajstić information content (AvgIpc) is 2.52. The molecule has 2 N–H and O–H groups in total. The van der Waals surface area contributed by atoms with Gasteiger partial charge in [0, 0.05) is 11.7 Å². The molecule has 0 heterocycles. The third-order valence-corrected chi connectivity index (χ3v) is 5.05. The fraction of sp³-hybridized carbons (Fsp3) is 0.650. The Balaban J connectivity index is 1.82. The third-order valence-electron chi connectivity index (χ3n) is 4.83. The van der Waals surface area contributed by atoms with Crippen LogP contribution >= 0.6 is 12.2 Å². The lowest BCUT2D eigenvalue weighted by molar-refractivity contribution is 0.444. The van der Waals surface area contributed by atoms with Crippen molar-refractivity contribution >= 4 is 23.0 Å². The van der Waals surface area contributed by atoms with Crippen molar-refractivity contribution in [3.63, 3.8) is 0 Å². The number of nitrogens with one attached hydrogen (secondary N) is 2. The van der Waals surface area contributed by atoms with Gasteiger partial charge in [-0.25, -0.2) is 0 Å². The summed E-state index contributed by atoms with van der Waals surface area (Å²) < 4.78 is 0. The summed E-state index contributed by atoms with van der Waals surface area (Å²) in [6.45, 7) is 2.11. The summed E-state index contributed by atoms with van der Waals surface area (Å²) in [7, 11) is 0. The summed E-state index contributed by atoms with van der Waals surface area (Å²) in [5, 5.41) is 7.71. The first-order valence-electron chi connectivity index (χ1n) is 9.39. The van der Waals surface area contributed by atoms with Crippen molar-refractivity contribution < 1.29 is 0 Å². The number of para-hydroxylation sites is 1. The first kappa shape index (κ1) is 18.3. The second-order valence-electron chi connectivity index (χ2n) is 6.87. The number of hydrogen-bond donors (Lipinski definition) is 2. The van der Waals surface area contributed by atoms with Gasteiger partial charge in [0.2, 0.25) is 0 Å². The van der Waals surface area contributed by atoms with Crippen LogP contribution in [-0.4, -0.2) is 11.2 Å². The van der Waals surface area contributed by atoms with Crippen molar-refractivity contribution in [3.8, 4) is 0 Å². The molecule has 2 nitrogen and oxygen atoms in total. The van der Waals surface area contributed by atoms with Crippen LogP contribution in [0.25, 0.3) is 0 Å². The lowest BCUT2D eigenvalue weighted by atomic mass is 9.98. The van der Waals surface area contributed by atoms with E-state index in [0.29, 0.717) is 6.04 Å². The lowest BCUT2D eigenvalue weighted by Crippen LogP contribution is -2.38. The summed E-state index contributed by atoms with van der Waals surface area (Å²) >= 11 is 5.54. The topological polar surface area (TPSA) is 24.1 Å². The molecule has 0 aromatic heterocycles. The van der Waals surface area contributed by atoms with Gasteiger partial charge >= 0.3 is 0 Å². The van der Waals surface area contributed by atoms with E-state index in [4.69, 9.17) is 12.2 Å². The summed E-state index contributed by atoms with van der Waals surface area (Å²) in [6, 6.07) is 8.83. The maximum Gasteiger partial charge on any atom is 0.171 e. The summed E-state index contributed by atoms with van der Waals surface area (Å²) in [5.74, 6) is 0. The van der Waals surface area contributed by atoms with Crippen molar-refractivity contribution in [2.24, 2.45) is 0 Å². The summed E-state index contributed by atoms with van der Waals surface area (Å²) in [5.41, 5.74) is 2.34. The molecule has 1 aliphatic carbocycles. The van der Waals surface area contributed by atoms with Crippen molar-refractivity contribution in [1.29, 1.82) is 0 Å². The Morgan fingerprint density at radius 3 is 1.96 bits per heavy atom. The number of aryl methyl sites for hydroxylation is 1. The lowest BCUT2D eigenvalue weighted by Gasteiger charge is -2.22. The van der Waals surface area contributed by atoms with Gasteiger partial charge in [0.05, 0.1) is 0 Å². The molecular weight excluding hydrogens is 300 g/mol. The summed E-state index contributed by atoms with van der Waals surface area (Å²) in [6.07, 6.45) is 15.0. The Bertz CT molecular complexity index is 460. The van der Waals surface area contributed by atoms with Crippen molar-refractivity contribution in [3.05, 3.63) is 29.8 Å². The van der Waals surface area contributed by atoms with Crippen LogP contribution < -0.4 is 10.6 Å². The van der Waals surface area contributed by atoms with Gasteiger partial charge in [0.15, 0.2) is 5.11 Å². The molecule has 1 fully saturated rings. The van der Waals surface area contributed by atoms with Crippen LogP contribution in [0.5, 0.6) is 0 Å². The monoisotopic (exact) mass is 332 g/mol. The molecule has 0 atom stereocenters. The van der Waals surface area contributed by atoms with E-state index >= 15 is 0 Å². The molecule has 128 valence electrons. The zero-order chi connectivity index (χ0) is 16.3. The van der Waals surface area contributed by atoms with Gasteiger partial charge in [-0.3, -0.25) is 0 Å². The second-order valence-corrected chi connectivity index (χ2v) is 7.28. The minimum atomic E-state index is 0.526. The smallest absolute Gasteiger partial charge is 0.171 e. The van der Waals surface area contributed by atoms with Gasteiger partial charge in [-0.1, -0.05) is 76.0 Å². The molecule has 0 spiro atoms. The number of anilines is 1. The average molecular weight is 333 g/mol. The molecule has 0 radical (unpaired) electrons. The second kappa shape index (κ2) is 10.6. The van der Waals surface area contributed by atoms with Gasteiger partial charge in [0.1, 0.15) is 0 Å². The molecular formula is C20H32N2S. The normalized spacial score (nSPS) is 18.5. The predicted molar refractivity (Wildman–Crippen MR) is 105 cm³/mol. The SMILES string of the molecule is Cc1ccccc1NC(=S)NC1CCCCCCCCCCC1. The highest BCUT2D eigenvalue weighted by Crippen LogP contribution is 2.18. The molecule has 0 bridgehead atoms. The fourth-order valence-corrected chi connectivity index (χ4v) is 3.64. The van der Waals surface area contributed by atoms with E-state index in [1.807, 2.05) is 6.07 Å². The Kier molecular flexibility index (Phi) is 8.44. The number of thiocarbonyl (C=S) groups is 1. The maximum absolute atomic E-state index is 5.54. The minimum absolute atomic E-state index is 0.526. The molecule has 1 saturated carbocycles. The molecule has 1 aromatic rings. The predicted octanol–water partition coefficient (Wildman–Crippen LogP) is 5.95. The first-order valence-corrected chi connectivity index (χ1v) is 9.79. The van der Waals surface area contributed by atoms with Gasteiger partial charge in [-0.15, -0.1) is 0 Å². The zero-order valence-corrected chi connectivity index (χ0v) is 15.4. The maximum atomic E-state index is 5.54. The highest BCUT2D eigenvalue weighted by atomic mass is 32.1. The summed E-state index contributed by atoms with van der Waals surface area (Å²) in [4.78, 5) is 0. The fourth-order valence-electron chi connectivity index (χ4n) is 3.36. The van der Waals surface area contributed by atoms with Crippen LogP contribution in [0.15, 0.2) is 24.3 Å². The molecule has 1 aliphatic rings. The molecule has 0 aliphatic heterocycles. The van der Waals surface area contributed by atoms with E-state index < -0.39 is 0 Å². The van der Waals surface area contributed by atoms with E-state index in [0.717, 1.165) is 10.8 Å². The van der Waals surface area contributed by atoms with E-state index in [2.05, 4.69) is 35.8 Å². The van der Waals surface area contributed by atoms with Crippen molar-refractivity contribution in [1.82, 2.24) is 5.32 Å². The van der Waals surface area contributed by atoms with Crippen LogP contribution in [0.4, 0.5) is 5.69 Å². The number of benzene rings is 1. The third kappa shape index (κ3) is 7.34. The van der Waals surface area contributed by atoms with Gasteiger partial charge in [-0.05, 0) is 43.6 Å². The van der Waals surface area contributed by atoms with Gasteiger partial charge in [-0.2, -0.15) is 0 Å². The molecule has 1 aromatic carbocycles. The Morgan fingerprint density at radius 1 is 0.870 bits per heavy atom. The first-order chi connectivity index (χ1) is 11.3. The van der Waals surface area contributed by atoms with Crippen LogP contribution in [0, 0.1) is 6.92 Å². The van der Waals surface area contributed by atoms with Crippen molar-refractivity contribution in [2.75, 3.05) is 5.32 Å². The van der Waals surface area contributed by atoms with E-state index in [1.165, 1.54) is 76.2 Å².